The summed E-state index contributed by atoms with van der Waals surface area (Å²) in [6, 6.07) is 23.4. The SMILES string of the molecule is CCCCNC(=O)[C@H](Cc1ccccc1)N(Cc1cccc(Cl)c1)C(=O)COc1ccccc1OC. The van der Waals surface area contributed by atoms with E-state index in [1.165, 1.54) is 0 Å². The number of ether oxygens (including phenoxy) is 2. The molecule has 0 aliphatic rings. The Bertz CT molecular complexity index is 1120. The Morgan fingerprint density at radius 1 is 0.944 bits per heavy atom. The molecule has 0 saturated carbocycles. The fraction of sp³-hybridized carbons (Fsp3) is 0.310. The number of carbonyl (C=O) groups excluding carboxylic acids is 2. The van der Waals surface area contributed by atoms with Gasteiger partial charge in [-0.05, 0) is 41.8 Å². The molecule has 0 saturated heterocycles. The highest BCUT2D eigenvalue weighted by molar-refractivity contribution is 6.30. The molecule has 3 aromatic carbocycles. The molecule has 0 unspecified atom stereocenters. The molecule has 1 N–H and O–H groups in total. The van der Waals surface area contributed by atoms with Crippen LogP contribution in [0.3, 0.4) is 0 Å². The van der Waals surface area contributed by atoms with E-state index < -0.39 is 6.04 Å². The molecule has 3 rings (SSSR count). The third-order valence-electron chi connectivity index (χ3n) is 5.76. The van der Waals surface area contributed by atoms with E-state index in [2.05, 4.69) is 12.2 Å². The molecule has 0 radical (unpaired) electrons. The average molecular weight is 509 g/mol. The molecule has 1 atom stereocenters. The zero-order chi connectivity index (χ0) is 25.8. The molecule has 2 amide bonds. The van der Waals surface area contributed by atoms with Crippen LogP contribution >= 0.6 is 11.6 Å². The van der Waals surface area contributed by atoms with Crippen molar-refractivity contribution in [3.05, 3.63) is 95.0 Å². The molecule has 6 nitrogen and oxygen atoms in total. The van der Waals surface area contributed by atoms with Gasteiger partial charge in [-0.2, -0.15) is 0 Å². The summed E-state index contributed by atoms with van der Waals surface area (Å²) in [7, 11) is 1.55. The minimum atomic E-state index is -0.725. The highest BCUT2D eigenvalue weighted by Gasteiger charge is 2.30. The van der Waals surface area contributed by atoms with Crippen LogP contribution < -0.4 is 14.8 Å². The van der Waals surface area contributed by atoms with Gasteiger partial charge in [0.15, 0.2) is 18.1 Å². The van der Waals surface area contributed by atoms with Gasteiger partial charge >= 0.3 is 0 Å². The molecule has 0 aliphatic heterocycles. The first-order chi connectivity index (χ1) is 17.5. The van der Waals surface area contributed by atoms with Crippen molar-refractivity contribution in [1.29, 1.82) is 0 Å². The van der Waals surface area contributed by atoms with Gasteiger partial charge in [-0.3, -0.25) is 9.59 Å². The summed E-state index contributed by atoms with van der Waals surface area (Å²) in [5.41, 5.74) is 1.79. The smallest absolute Gasteiger partial charge is 0.261 e. The molecule has 190 valence electrons. The van der Waals surface area contributed by atoms with Crippen molar-refractivity contribution in [1.82, 2.24) is 10.2 Å². The number of unbranched alkanes of at least 4 members (excludes halogenated alkanes) is 1. The van der Waals surface area contributed by atoms with Gasteiger partial charge in [-0.15, -0.1) is 0 Å². The number of methoxy groups -OCH3 is 1. The Morgan fingerprint density at radius 3 is 2.33 bits per heavy atom. The van der Waals surface area contributed by atoms with Gasteiger partial charge in [0.25, 0.3) is 5.91 Å². The highest BCUT2D eigenvalue weighted by Crippen LogP contribution is 2.26. The van der Waals surface area contributed by atoms with Gasteiger partial charge in [0, 0.05) is 24.5 Å². The van der Waals surface area contributed by atoms with E-state index in [0.29, 0.717) is 29.5 Å². The Labute approximate surface area is 218 Å². The van der Waals surface area contributed by atoms with E-state index in [1.807, 2.05) is 54.6 Å². The number of rotatable bonds is 13. The number of nitrogens with zero attached hydrogens (tertiary/aromatic N) is 1. The number of benzene rings is 3. The van der Waals surface area contributed by atoms with E-state index in [1.54, 1.807) is 36.3 Å². The summed E-state index contributed by atoms with van der Waals surface area (Å²) < 4.78 is 11.2. The van der Waals surface area contributed by atoms with Gasteiger partial charge in [0.1, 0.15) is 6.04 Å². The summed E-state index contributed by atoms with van der Waals surface area (Å²) in [5, 5.41) is 3.58. The number of hydrogen-bond donors (Lipinski definition) is 1. The van der Waals surface area contributed by atoms with E-state index in [4.69, 9.17) is 21.1 Å². The average Bonchev–Trinajstić information content (AvgIpc) is 2.90. The number of para-hydroxylation sites is 2. The molecule has 7 heteroatoms. The van der Waals surface area contributed by atoms with Gasteiger partial charge in [-0.25, -0.2) is 0 Å². The quantitative estimate of drug-likeness (QED) is 0.319. The van der Waals surface area contributed by atoms with E-state index in [-0.39, 0.29) is 25.0 Å². The summed E-state index contributed by atoms with van der Waals surface area (Å²) >= 11 is 6.22. The predicted molar refractivity (Wildman–Crippen MR) is 142 cm³/mol. The minimum absolute atomic E-state index is 0.194. The van der Waals surface area contributed by atoms with Crippen LogP contribution in [0.2, 0.25) is 5.02 Å². The molecule has 3 aromatic rings. The molecule has 0 heterocycles. The van der Waals surface area contributed by atoms with Crippen LogP contribution in [-0.4, -0.2) is 43.0 Å². The first-order valence-corrected chi connectivity index (χ1v) is 12.5. The summed E-state index contributed by atoms with van der Waals surface area (Å²) in [4.78, 5) is 28.6. The molecule has 0 spiro atoms. The number of amides is 2. The lowest BCUT2D eigenvalue weighted by molar-refractivity contribution is -0.142. The van der Waals surface area contributed by atoms with Crippen molar-refractivity contribution in [2.45, 2.75) is 38.8 Å². The lowest BCUT2D eigenvalue weighted by Crippen LogP contribution is -2.51. The van der Waals surface area contributed by atoms with Crippen molar-refractivity contribution < 1.29 is 19.1 Å². The molecule has 0 aromatic heterocycles. The Morgan fingerprint density at radius 2 is 1.64 bits per heavy atom. The van der Waals surface area contributed by atoms with Crippen LogP contribution in [0.25, 0.3) is 0 Å². The van der Waals surface area contributed by atoms with Gasteiger partial charge in [0.05, 0.1) is 7.11 Å². The fourth-order valence-electron chi connectivity index (χ4n) is 3.85. The van der Waals surface area contributed by atoms with Gasteiger partial charge in [0.2, 0.25) is 5.91 Å². The van der Waals surface area contributed by atoms with E-state index >= 15 is 0 Å². The topological polar surface area (TPSA) is 67.9 Å². The first-order valence-electron chi connectivity index (χ1n) is 12.1. The first kappa shape index (κ1) is 27.1. The van der Waals surface area contributed by atoms with Crippen molar-refractivity contribution in [3.8, 4) is 11.5 Å². The normalized spacial score (nSPS) is 11.4. The van der Waals surface area contributed by atoms with Crippen molar-refractivity contribution >= 4 is 23.4 Å². The van der Waals surface area contributed by atoms with Crippen LogP contribution in [0.5, 0.6) is 11.5 Å². The van der Waals surface area contributed by atoms with Crippen LogP contribution in [-0.2, 0) is 22.6 Å². The number of nitrogens with one attached hydrogen (secondary N) is 1. The predicted octanol–water partition coefficient (Wildman–Crippen LogP) is 5.28. The Hall–Kier alpha value is -3.51. The van der Waals surface area contributed by atoms with Crippen molar-refractivity contribution in [2.24, 2.45) is 0 Å². The maximum atomic E-state index is 13.6. The zero-order valence-electron chi connectivity index (χ0n) is 20.8. The molecule has 36 heavy (non-hydrogen) atoms. The summed E-state index contributed by atoms with van der Waals surface area (Å²) in [6.07, 6.45) is 2.20. The van der Waals surface area contributed by atoms with Gasteiger partial charge < -0.3 is 19.7 Å². The summed E-state index contributed by atoms with van der Waals surface area (Å²) in [5.74, 6) is 0.486. The maximum absolute atomic E-state index is 13.6. The second kappa shape index (κ2) is 14.1. The van der Waals surface area contributed by atoms with Crippen LogP contribution in [0.4, 0.5) is 0 Å². The third-order valence-corrected chi connectivity index (χ3v) is 6.00. The van der Waals surface area contributed by atoms with E-state index in [0.717, 1.165) is 24.0 Å². The molecule has 0 aliphatic carbocycles. The second-order valence-electron chi connectivity index (χ2n) is 8.44. The maximum Gasteiger partial charge on any atom is 0.261 e. The number of hydrogen-bond acceptors (Lipinski definition) is 4. The minimum Gasteiger partial charge on any atom is -0.493 e. The monoisotopic (exact) mass is 508 g/mol. The fourth-order valence-corrected chi connectivity index (χ4v) is 4.07. The molecule has 0 bridgehead atoms. The highest BCUT2D eigenvalue weighted by atomic mass is 35.5. The van der Waals surface area contributed by atoms with Crippen LogP contribution in [0.1, 0.15) is 30.9 Å². The molecular weight excluding hydrogens is 476 g/mol. The van der Waals surface area contributed by atoms with Gasteiger partial charge in [-0.1, -0.05) is 79.5 Å². The van der Waals surface area contributed by atoms with E-state index in [9.17, 15) is 9.59 Å². The zero-order valence-corrected chi connectivity index (χ0v) is 21.5. The number of halogens is 1. The third kappa shape index (κ3) is 8.02. The Balaban J connectivity index is 1.90. The summed E-state index contributed by atoms with van der Waals surface area (Å²) in [6.45, 7) is 2.59. The van der Waals surface area contributed by atoms with Crippen molar-refractivity contribution in [3.63, 3.8) is 0 Å². The van der Waals surface area contributed by atoms with Crippen LogP contribution in [0.15, 0.2) is 78.9 Å². The van der Waals surface area contributed by atoms with Crippen LogP contribution in [0, 0.1) is 0 Å². The lowest BCUT2D eigenvalue weighted by Gasteiger charge is -2.31. The number of carbonyl (C=O) groups is 2. The molecular formula is C29H33ClN2O4. The Kier molecular flexibility index (Phi) is 10.6. The standard InChI is InChI=1S/C29H33ClN2O4/c1-3-4-17-31-29(34)25(19-22-11-6-5-7-12-22)32(20-23-13-10-14-24(30)18-23)28(33)21-36-27-16-9-8-15-26(27)35-2/h5-16,18,25H,3-4,17,19-21H2,1-2H3,(H,31,34)/t25-/m0/s1. The molecule has 0 fully saturated rings. The largest absolute Gasteiger partial charge is 0.493 e. The second-order valence-corrected chi connectivity index (χ2v) is 8.88. The van der Waals surface area contributed by atoms with Crippen molar-refractivity contribution in [2.75, 3.05) is 20.3 Å². The lowest BCUT2D eigenvalue weighted by atomic mass is 10.0.